The van der Waals surface area contributed by atoms with Crippen LogP contribution in [0.5, 0.6) is 5.75 Å². The lowest BCUT2D eigenvalue weighted by atomic mass is 10.1. The number of phenolic OH excluding ortho intramolecular Hbond substituents is 1. The van der Waals surface area contributed by atoms with E-state index in [1.165, 1.54) is 11.3 Å². The molecule has 1 aliphatic rings. The van der Waals surface area contributed by atoms with Crippen molar-refractivity contribution in [3.05, 3.63) is 53.6 Å². The summed E-state index contributed by atoms with van der Waals surface area (Å²) in [6, 6.07) is 13.2. The van der Waals surface area contributed by atoms with Crippen LogP contribution in [0.2, 0.25) is 0 Å². The Kier molecular flexibility index (Phi) is 7.57. The maximum atomic E-state index is 12.4. The van der Waals surface area contributed by atoms with Crippen molar-refractivity contribution in [2.75, 3.05) is 42.9 Å². The fraction of sp³-hybridized carbons (Fsp3) is 0.458. The molecule has 0 spiro atoms. The van der Waals surface area contributed by atoms with Gasteiger partial charge in [0, 0.05) is 43.6 Å². The van der Waals surface area contributed by atoms with E-state index in [2.05, 4.69) is 40.3 Å². The number of nitrogens with zero attached hydrogens (tertiary/aromatic N) is 2. The lowest BCUT2D eigenvalue weighted by molar-refractivity contribution is 0.248. The maximum absolute atomic E-state index is 12.4. The van der Waals surface area contributed by atoms with Crippen molar-refractivity contribution in [1.29, 1.82) is 0 Å². The van der Waals surface area contributed by atoms with Crippen molar-refractivity contribution in [1.82, 2.24) is 10.2 Å². The lowest BCUT2D eigenvalue weighted by Gasteiger charge is -2.36. The summed E-state index contributed by atoms with van der Waals surface area (Å²) in [4.78, 5) is 17.3. The first kappa shape index (κ1) is 22.0. The third-order valence-electron chi connectivity index (χ3n) is 5.79. The third-order valence-corrected chi connectivity index (χ3v) is 5.79. The summed E-state index contributed by atoms with van der Waals surface area (Å²) in [6.45, 7) is 11.7. The average molecular weight is 411 g/mol. The van der Waals surface area contributed by atoms with Crippen molar-refractivity contribution in [2.45, 2.75) is 39.7 Å². The molecule has 0 aromatic heterocycles. The van der Waals surface area contributed by atoms with Gasteiger partial charge in [0.15, 0.2) is 0 Å². The molecule has 1 heterocycles. The van der Waals surface area contributed by atoms with Crippen LogP contribution in [-0.4, -0.2) is 54.8 Å². The van der Waals surface area contributed by atoms with Gasteiger partial charge in [-0.05, 0) is 74.7 Å². The van der Waals surface area contributed by atoms with Crippen LogP contribution in [0.25, 0.3) is 0 Å². The smallest absolute Gasteiger partial charge is 0.319 e. The molecule has 1 aliphatic heterocycles. The summed E-state index contributed by atoms with van der Waals surface area (Å²) in [7, 11) is 0. The van der Waals surface area contributed by atoms with Gasteiger partial charge < -0.3 is 25.5 Å². The third kappa shape index (κ3) is 6.13. The number of hydrogen-bond donors (Lipinski definition) is 3. The molecule has 162 valence electrons. The number of amides is 2. The van der Waals surface area contributed by atoms with E-state index in [9.17, 15) is 9.90 Å². The molecule has 1 fully saturated rings. The van der Waals surface area contributed by atoms with Crippen molar-refractivity contribution >= 4 is 17.4 Å². The fourth-order valence-electron chi connectivity index (χ4n) is 3.90. The summed E-state index contributed by atoms with van der Waals surface area (Å²) in [6.07, 6.45) is 1.68. The van der Waals surface area contributed by atoms with E-state index < -0.39 is 0 Å². The van der Waals surface area contributed by atoms with Gasteiger partial charge in [-0.25, -0.2) is 4.79 Å². The van der Waals surface area contributed by atoms with Crippen LogP contribution in [0.1, 0.15) is 31.4 Å². The van der Waals surface area contributed by atoms with Crippen LogP contribution in [0, 0.1) is 6.92 Å². The number of carbonyl (C=O) groups is 1. The van der Waals surface area contributed by atoms with Gasteiger partial charge in [0.2, 0.25) is 0 Å². The molecule has 1 atom stereocenters. The highest BCUT2D eigenvalue weighted by Crippen LogP contribution is 2.24. The topological polar surface area (TPSA) is 67.8 Å². The second kappa shape index (κ2) is 10.3. The van der Waals surface area contributed by atoms with E-state index in [1.807, 2.05) is 31.2 Å². The van der Waals surface area contributed by atoms with Crippen LogP contribution in [0.4, 0.5) is 16.2 Å². The SMILES string of the molecule is CCN1CCN(c2ccc(NC(=O)N[C@@H](C)CCc3ccc(O)cc3)cc2C)CC1. The Hall–Kier alpha value is -2.73. The molecule has 0 saturated carbocycles. The molecule has 3 rings (SSSR count). The van der Waals surface area contributed by atoms with Gasteiger partial charge in [-0.2, -0.15) is 0 Å². The number of nitrogens with one attached hydrogen (secondary N) is 2. The van der Waals surface area contributed by atoms with Crippen LogP contribution in [0.3, 0.4) is 0 Å². The Bertz CT molecular complexity index is 830. The number of phenols is 1. The summed E-state index contributed by atoms with van der Waals surface area (Å²) in [5.41, 5.74) is 4.39. The van der Waals surface area contributed by atoms with Crippen molar-refractivity contribution in [2.24, 2.45) is 0 Å². The fourth-order valence-corrected chi connectivity index (χ4v) is 3.90. The highest BCUT2D eigenvalue weighted by atomic mass is 16.3. The molecule has 30 heavy (non-hydrogen) atoms. The summed E-state index contributed by atoms with van der Waals surface area (Å²) < 4.78 is 0. The average Bonchev–Trinajstić information content (AvgIpc) is 2.73. The highest BCUT2D eigenvalue weighted by molar-refractivity contribution is 5.89. The molecule has 0 unspecified atom stereocenters. The molecular formula is C24H34N4O2. The van der Waals surface area contributed by atoms with Gasteiger partial charge in [0.25, 0.3) is 0 Å². The zero-order valence-electron chi connectivity index (χ0n) is 18.3. The Balaban J connectivity index is 1.47. The maximum Gasteiger partial charge on any atom is 0.319 e. The number of likely N-dealkylation sites (N-methyl/N-ethyl adjacent to an activating group) is 1. The summed E-state index contributed by atoms with van der Waals surface area (Å²) in [5, 5.41) is 15.3. The normalized spacial score (nSPS) is 15.6. The number of aromatic hydroxyl groups is 1. The number of piperazine rings is 1. The van der Waals surface area contributed by atoms with Gasteiger partial charge in [0.1, 0.15) is 5.75 Å². The zero-order chi connectivity index (χ0) is 21.5. The van der Waals surface area contributed by atoms with E-state index >= 15 is 0 Å². The molecule has 6 heteroatoms. The molecule has 0 bridgehead atoms. The van der Waals surface area contributed by atoms with Crippen LogP contribution < -0.4 is 15.5 Å². The molecule has 6 nitrogen and oxygen atoms in total. The van der Waals surface area contributed by atoms with Crippen molar-refractivity contribution in [3.8, 4) is 5.75 Å². The number of urea groups is 1. The van der Waals surface area contributed by atoms with Crippen LogP contribution in [0.15, 0.2) is 42.5 Å². The number of anilines is 2. The van der Waals surface area contributed by atoms with Crippen LogP contribution in [-0.2, 0) is 6.42 Å². The first-order valence-electron chi connectivity index (χ1n) is 10.9. The second-order valence-corrected chi connectivity index (χ2v) is 8.13. The molecule has 0 radical (unpaired) electrons. The Morgan fingerprint density at radius 3 is 2.43 bits per heavy atom. The standard InChI is InChI=1S/C24H34N4O2/c1-4-27-13-15-28(16-14-27)23-12-9-21(17-18(23)2)26-24(30)25-19(3)5-6-20-7-10-22(29)11-8-20/h7-12,17,19,29H,4-6,13-16H2,1-3H3,(H2,25,26,30)/t19-/m0/s1. The Morgan fingerprint density at radius 1 is 1.10 bits per heavy atom. The predicted octanol–water partition coefficient (Wildman–Crippen LogP) is 3.99. The van der Waals surface area contributed by atoms with Crippen LogP contribution >= 0.6 is 0 Å². The molecule has 1 saturated heterocycles. The van der Waals surface area contributed by atoms with E-state index in [4.69, 9.17) is 0 Å². The van der Waals surface area contributed by atoms with Gasteiger partial charge in [-0.1, -0.05) is 19.1 Å². The van der Waals surface area contributed by atoms with E-state index in [-0.39, 0.29) is 17.8 Å². The molecule has 2 aromatic rings. The zero-order valence-corrected chi connectivity index (χ0v) is 18.3. The van der Waals surface area contributed by atoms with Crippen molar-refractivity contribution in [3.63, 3.8) is 0 Å². The number of benzene rings is 2. The Labute approximate surface area is 179 Å². The molecule has 3 N–H and O–H groups in total. The summed E-state index contributed by atoms with van der Waals surface area (Å²) >= 11 is 0. The quantitative estimate of drug-likeness (QED) is 0.646. The Morgan fingerprint density at radius 2 is 1.80 bits per heavy atom. The summed E-state index contributed by atoms with van der Waals surface area (Å²) in [5.74, 6) is 0.272. The second-order valence-electron chi connectivity index (χ2n) is 8.13. The van der Waals surface area contributed by atoms with Gasteiger partial charge in [-0.3, -0.25) is 0 Å². The first-order valence-corrected chi connectivity index (χ1v) is 10.9. The van der Waals surface area contributed by atoms with Gasteiger partial charge in [-0.15, -0.1) is 0 Å². The molecule has 2 aromatic carbocycles. The molecular weight excluding hydrogens is 376 g/mol. The lowest BCUT2D eigenvalue weighted by Crippen LogP contribution is -2.46. The molecule has 2 amide bonds. The minimum atomic E-state index is -0.183. The largest absolute Gasteiger partial charge is 0.508 e. The minimum Gasteiger partial charge on any atom is -0.508 e. The van der Waals surface area contributed by atoms with Gasteiger partial charge in [0.05, 0.1) is 0 Å². The van der Waals surface area contributed by atoms with Crippen molar-refractivity contribution < 1.29 is 9.90 Å². The van der Waals surface area contributed by atoms with Gasteiger partial charge >= 0.3 is 6.03 Å². The number of hydrogen-bond acceptors (Lipinski definition) is 4. The molecule has 0 aliphatic carbocycles. The first-order chi connectivity index (χ1) is 14.4. The van der Waals surface area contributed by atoms with E-state index in [0.29, 0.717) is 0 Å². The van der Waals surface area contributed by atoms with E-state index in [1.54, 1.807) is 12.1 Å². The number of carbonyl (C=O) groups excluding carboxylic acids is 1. The predicted molar refractivity (Wildman–Crippen MR) is 124 cm³/mol. The number of aryl methyl sites for hydroxylation is 2. The number of rotatable bonds is 7. The highest BCUT2D eigenvalue weighted by Gasteiger charge is 2.17. The van der Waals surface area contributed by atoms with E-state index in [0.717, 1.165) is 56.8 Å². The monoisotopic (exact) mass is 410 g/mol. The minimum absolute atomic E-state index is 0.0500.